The van der Waals surface area contributed by atoms with Crippen molar-refractivity contribution in [2.45, 2.75) is 30.8 Å². The number of methoxy groups -OCH3 is 1. The Kier molecular flexibility index (Phi) is 5.31. The van der Waals surface area contributed by atoms with E-state index >= 15 is 0 Å². The third kappa shape index (κ3) is 4.06. The van der Waals surface area contributed by atoms with Crippen LogP contribution in [0.25, 0.3) is 0 Å². The van der Waals surface area contributed by atoms with Crippen molar-refractivity contribution in [2.24, 2.45) is 0 Å². The van der Waals surface area contributed by atoms with Gasteiger partial charge in [0.05, 0.1) is 12.7 Å². The van der Waals surface area contributed by atoms with Crippen molar-refractivity contribution in [1.82, 2.24) is 4.31 Å². The predicted molar refractivity (Wildman–Crippen MR) is 104 cm³/mol. The van der Waals surface area contributed by atoms with Gasteiger partial charge in [0.25, 0.3) is 0 Å². The monoisotopic (exact) mass is 423 g/mol. The van der Waals surface area contributed by atoms with E-state index in [0.29, 0.717) is 17.9 Å². The smallest absolute Gasteiger partial charge is 0.338 e. The number of ether oxygens (including phenoxy) is 3. The van der Waals surface area contributed by atoms with Gasteiger partial charge in [0, 0.05) is 32.1 Å². The molecule has 0 aliphatic carbocycles. The molecule has 29 heavy (non-hydrogen) atoms. The molecule has 2 aromatic carbocycles. The Morgan fingerprint density at radius 3 is 2.48 bits per heavy atom. The molecule has 9 heteroatoms. The SMILES string of the molecule is COC(=O)c1cc(Oc2ccc(S(=O)(=O)N(C)C)c(F)c2)c2c(c1)OC(C)(C)C2. The first-order chi connectivity index (χ1) is 13.4. The average Bonchev–Trinajstić information content (AvgIpc) is 2.94. The Hall–Kier alpha value is -2.65. The van der Waals surface area contributed by atoms with Gasteiger partial charge in [-0.05, 0) is 38.1 Å². The van der Waals surface area contributed by atoms with Gasteiger partial charge in [0.15, 0.2) is 0 Å². The van der Waals surface area contributed by atoms with Crippen LogP contribution in [0.5, 0.6) is 17.2 Å². The van der Waals surface area contributed by atoms with E-state index in [2.05, 4.69) is 0 Å². The summed E-state index contributed by atoms with van der Waals surface area (Å²) >= 11 is 0. The van der Waals surface area contributed by atoms with Gasteiger partial charge in [-0.25, -0.2) is 21.9 Å². The van der Waals surface area contributed by atoms with E-state index in [1.807, 2.05) is 13.8 Å². The highest BCUT2D eigenvalue weighted by Crippen LogP contribution is 2.43. The maximum atomic E-state index is 14.5. The summed E-state index contributed by atoms with van der Waals surface area (Å²) in [7, 11) is -0.0139. The lowest BCUT2D eigenvalue weighted by Crippen LogP contribution is -2.24. The Morgan fingerprint density at radius 1 is 1.21 bits per heavy atom. The van der Waals surface area contributed by atoms with Crippen LogP contribution >= 0.6 is 0 Å². The number of carbonyl (C=O) groups is 1. The number of rotatable bonds is 5. The molecule has 156 valence electrons. The normalized spacial score (nSPS) is 15.0. The topological polar surface area (TPSA) is 82.1 Å². The summed E-state index contributed by atoms with van der Waals surface area (Å²) in [5.74, 6) is -0.608. The lowest BCUT2D eigenvalue weighted by molar-refractivity contribution is 0.0599. The zero-order valence-electron chi connectivity index (χ0n) is 16.8. The second-order valence-corrected chi connectivity index (χ2v) is 9.58. The maximum Gasteiger partial charge on any atom is 0.338 e. The van der Waals surface area contributed by atoms with E-state index < -0.39 is 32.3 Å². The van der Waals surface area contributed by atoms with Crippen LogP contribution in [0.15, 0.2) is 35.2 Å². The Balaban J connectivity index is 2.02. The number of benzene rings is 2. The number of sulfonamides is 1. The van der Waals surface area contributed by atoms with E-state index in [1.165, 1.54) is 33.3 Å². The molecule has 0 radical (unpaired) electrons. The van der Waals surface area contributed by atoms with E-state index in [1.54, 1.807) is 6.07 Å². The summed E-state index contributed by atoms with van der Waals surface area (Å²) in [5.41, 5.74) is 0.462. The number of hydrogen-bond donors (Lipinski definition) is 0. The number of nitrogens with zero attached hydrogens (tertiary/aromatic N) is 1. The van der Waals surface area contributed by atoms with Crippen LogP contribution in [-0.4, -0.2) is 45.5 Å². The fourth-order valence-electron chi connectivity index (χ4n) is 3.05. The molecular weight excluding hydrogens is 401 g/mol. The van der Waals surface area contributed by atoms with E-state index in [4.69, 9.17) is 14.2 Å². The zero-order chi connectivity index (χ0) is 21.6. The molecule has 1 heterocycles. The van der Waals surface area contributed by atoms with Gasteiger partial charge in [-0.2, -0.15) is 0 Å². The van der Waals surface area contributed by atoms with Gasteiger partial charge >= 0.3 is 5.97 Å². The zero-order valence-corrected chi connectivity index (χ0v) is 17.6. The number of fused-ring (bicyclic) bond motifs is 1. The molecule has 0 unspecified atom stereocenters. The highest BCUT2D eigenvalue weighted by molar-refractivity contribution is 7.89. The Morgan fingerprint density at radius 2 is 1.90 bits per heavy atom. The predicted octanol–water partition coefficient (Wildman–Crippen LogP) is 3.37. The first-order valence-corrected chi connectivity index (χ1v) is 10.2. The molecule has 1 aliphatic rings. The van der Waals surface area contributed by atoms with Gasteiger partial charge in [0.2, 0.25) is 10.0 Å². The minimum absolute atomic E-state index is 0.0918. The van der Waals surface area contributed by atoms with Gasteiger partial charge in [-0.1, -0.05) is 0 Å². The van der Waals surface area contributed by atoms with Crippen molar-refractivity contribution in [1.29, 1.82) is 0 Å². The molecule has 3 rings (SSSR count). The molecule has 0 spiro atoms. The third-order valence-corrected chi connectivity index (χ3v) is 6.32. The molecule has 0 fully saturated rings. The fraction of sp³-hybridized carbons (Fsp3) is 0.350. The number of hydrogen-bond acceptors (Lipinski definition) is 6. The largest absolute Gasteiger partial charge is 0.487 e. The maximum absolute atomic E-state index is 14.5. The molecule has 0 amide bonds. The standard InChI is InChI=1S/C20H22FNO6S/c1-20(2)11-14-16(8-12(19(23)26-5)9-17(14)28-20)27-13-6-7-18(15(21)10-13)29(24,25)22(3)4/h6-10H,11H2,1-5H3. The lowest BCUT2D eigenvalue weighted by atomic mass is 10.00. The molecule has 0 N–H and O–H groups in total. The molecule has 0 aromatic heterocycles. The number of halogens is 1. The van der Waals surface area contributed by atoms with E-state index in [0.717, 1.165) is 22.0 Å². The van der Waals surface area contributed by atoms with Crippen LogP contribution in [0.2, 0.25) is 0 Å². The summed E-state index contributed by atoms with van der Waals surface area (Å²) < 4.78 is 56.2. The van der Waals surface area contributed by atoms with Gasteiger partial charge in [0.1, 0.15) is 33.6 Å². The third-order valence-electron chi connectivity index (χ3n) is 4.47. The minimum Gasteiger partial charge on any atom is -0.487 e. The van der Waals surface area contributed by atoms with Gasteiger partial charge < -0.3 is 14.2 Å². The molecule has 1 aliphatic heterocycles. The lowest BCUT2D eigenvalue weighted by Gasteiger charge is -2.16. The highest BCUT2D eigenvalue weighted by Gasteiger charge is 2.34. The average molecular weight is 423 g/mol. The van der Waals surface area contributed by atoms with E-state index in [9.17, 15) is 17.6 Å². The van der Waals surface area contributed by atoms with Crippen molar-refractivity contribution in [3.05, 3.63) is 47.3 Å². The molecule has 0 bridgehead atoms. The summed E-state index contributed by atoms with van der Waals surface area (Å²) in [6.07, 6.45) is 0.523. The second-order valence-electron chi connectivity index (χ2n) is 7.46. The van der Waals surface area contributed by atoms with Crippen molar-refractivity contribution in [3.63, 3.8) is 0 Å². The summed E-state index contributed by atoms with van der Waals surface area (Å²) in [6.45, 7) is 3.80. The summed E-state index contributed by atoms with van der Waals surface area (Å²) in [5, 5.41) is 0. The van der Waals surface area contributed by atoms with Gasteiger partial charge in [-0.3, -0.25) is 0 Å². The van der Waals surface area contributed by atoms with E-state index in [-0.39, 0.29) is 11.3 Å². The van der Waals surface area contributed by atoms with Crippen LogP contribution in [0.3, 0.4) is 0 Å². The molecule has 7 nitrogen and oxygen atoms in total. The Labute approximate surface area is 169 Å². The molecule has 0 atom stereocenters. The first-order valence-electron chi connectivity index (χ1n) is 8.79. The van der Waals surface area contributed by atoms with Crippen LogP contribution in [0.1, 0.15) is 29.8 Å². The molecule has 0 saturated carbocycles. The first kappa shape index (κ1) is 21.1. The van der Waals surface area contributed by atoms with Crippen molar-refractivity contribution >= 4 is 16.0 Å². The van der Waals surface area contributed by atoms with Crippen LogP contribution in [0, 0.1) is 5.82 Å². The van der Waals surface area contributed by atoms with Crippen LogP contribution in [0.4, 0.5) is 4.39 Å². The quantitative estimate of drug-likeness (QED) is 0.686. The summed E-state index contributed by atoms with van der Waals surface area (Å²) in [4.78, 5) is 11.5. The second kappa shape index (κ2) is 7.31. The molecule has 2 aromatic rings. The minimum atomic E-state index is -3.92. The van der Waals surface area contributed by atoms with Crippen LogP contribution in [-0.2, 0) is 21.2 Å². The molecule has 0 saturated heterocycles. The highest BCUT2D eigenvalue weighted by atomic mass is 32.2. The van der Waals surface area contributed by atoms with Gasteiger partial charge in [-0.15, -0.1) is 0 Å². The number of carbonyl (C=O) groups excluding carboxylic acids is 1. The summed E-state index contributed by atoms with van der Waals surface area (Å²) in [6, 6.07) is 6.57. The van der Waals surface area contributed by atoms with Crippen molar-refractivity contribution in [2.75, 3.05) is 21.2 Å². The van der Waals surface area contributed by atoms with Crippen LogP contribution < -0.4 is 9.47 Å². The fourth-order valence-corrected chi connectivity index (χ4v) is 3.99. The Bertz CT molecular complexity index is 1080. The van der Waals surface area contributed by atoms with Crippen molar-refractivity contribution < 1.29 is 31.8 Å². The number of esters is 1. The van der Waals surface area contributed by atoms with Crippen molar-refractivity contribution in [3.8, 4) is 17.2 Å². The molecular formula is C20H22FNO6S.